The zero-order valence-corrected chi connectivity index (χ0v) is 30.9. The molecule has 0 aliphatic heterocycles. The van der Waals surface area contributed by atoms with Gasteiger partial charge in [0, 0.05) is 0 Å². The number of aryl methyl sites for hydroxylation is 2. The van der Waals surface area contributed by atoms with Gasteiger partial charge in [-0.2, -0.15) is 0 Å². The molecule has 44 heavy (non-hydrogen) atoms. The molecule has 4 aromatic carbocycles. The molecule has 3 heteroatoms. The monoisotopic (exact) mass is 696 g/mol. The fourth-order valence-electron chi connectivity index (χ4n) is 6.74. The summed E-state index contributed by atoms with van der Waals surface area (Å²) in [5, 5.41) is 0. The zero-order chi connectivity index (χ0) is 29.4. The van der Waals surface area contributed by atoms with E-state index < -0.39 is 21.3 Å². The van der Waals surface area contributed by atoms with E-state index in [9.17, 15) is 0 Å². The third kappa shape index (κ3) is 6.92. The molecule has 0 fully saturated rings. The minimum absolute atomic E-state index is 0. The Balaban J connectivity index is 0.00000221. The summed E-state index contributed by atoms with van der Waals surface area (Å²) in [5.74, 6) is 0.527. The van der Waals surface area contributed by atoms with Crippen LogP contribution in [0.2, 0.25) is 0 Å². The Kier molecular flexibility index (Phi) is 11.3. The maximum absolute atomic E-state index is 2.77. The van der Waals surface area contributed by atoms with Crippen molar-refractivity contribution in [2.24, 2.45) is 11.3 Å². The van der Waals surface area contributed by atoms with Crippen LogP contribution in [0.25, 0.3) is 11.1 Å². The van der Waals surface area contributed by atoms with E-state index >= 15 is 0 Å². The van der Waals surface area contributed by atoms with Gasteiger partial charge in [0.2, 0.25) is 0 Å². The Morgan fingerprint density at radius 1 is 0.750 bits per heavy atom. The van der Waals surface area contributed by atoms with Gasteiger partial charge in [-0.05, 0) is 0 Å². The molecule has 0 amide bonds. The molecule has 0 nitrogen and oxygen atoms in total. The van der Waals surface area contributed by atoms with E-state index in [1.54, 1.807) is 15.3 Å². The second-order valence-corrected chi connectivity index (χ2v) is 19.2. The second kappa shape index (κ2) is 14.4. The van der Waals surface area contributed by atoms with Crippen LogP contribution in [0.1, 0.15) is 80.3 Å². The van der Waals surface area contributed by atoms with Crippen molar-refractivity contribution in [2.45, 2.75) is 67.2 Å². The molecule has 0 spiro atoms. The minimum Gasteiger partial charge on any atom is -1.00 e. The minimum atomic E-state index is -2.77. The Hall–Kier alpha value is -2.31. The number of fused-ring (bicyclic) bond motifs is 3. The first-order valence-corrected chi connectivity index (χ1v) is 19.5. The molecule has 0 saturated carbocycles. The van der Waals surface area contributed by atoms with Crippen LogP contribution in [0.3, 0.4) is 0 Å². The number of benzene rings is 4. The molecule has 2 aliphatic carbocycles. The average molecular weight is 699 g/mol. The van der Waals surface area contributed by atoms with Gasteiger partial charge in [0.15, 0.2) is 0 Å². The van der Waals surface area contributed by atoms with Gasteiger partial charge < -0.3 is 24.8 Å². The summed E-state index contributed by atoms with van der Waals surface area (Å²) in [4.78, 5) is 0. The first-order chi connectivity index (χ1) is 20.2. The van der Waals surface area contributed by atoms with Crippen molar-refractivity contribution in [1.82, 2.24) is 0 Å². The van der Waals surface area contributed by atoms with Gasteiger partial charge in [-0.3, -0.25) is 0 Å². The Labute approximate surface area is 285 Å². The summed E-state index contributed by atoms with van der Waals surface area (Å²) in [5.41, 5.74) is 13.1. The van der Waals surface area contributed by atoms with Gasteiger partial charge in [0.1, 0.15) is 0 Å². The van der Waals surface area contributed by atoms with Gasteiger partial charge in [0.25, 0.3) is 0 Å². The molecule has 0 aromatic heterocycles. The standard InChI is InChI=1S/C15H14.C13H9.C13H21.2ClH.Zr/c1-12-3-7-14(8-4-12)11-15-9-5-13(2)6-10-15;1-3-7-12-10(5-1)9-11-6-2-4-8-13(11)12;1-5-6-7-11-8-9-12(10-11)13(2,3)4;;;/h3-10H,1-2H3;1-5,7-8H,9H2;9-11H,5-7H2,1-4H3;2*1H;/q;;;;;+2/p-2. The third-order valence-corrected chi connectivity index (χ3v) is 17.0. The molecule has 0 heterocycles. The van der Waals surface area contributed by atoms with E-state index in [1.165, 1.54) is 63.8 Å². The summed E-state index contributed by atoms with van der Waals surface area (Å²) in [6.07, 6.45) is 10.1. The normalized spacial score (nSPS) is 14.7. The maximum atomic E-state index is 2.68. The number of unbranched alkanes of at least 4 members (excludes halogenated alkanes) is 1. The second-order valence-electron chi connectivity index (χ2n) is 13.4. The molecule has 1 unspecified atom stereocenters. The van der Waals surface area contributed by atoms with Crippen LogP contribution in [-0.4, -0.2) is 3.21 Å². The maximum Gasteiger partial charge on any atom is -1.00 e. The Morgan fingerprint density at radius 3 is 1.93 bits per heavy atom. The van der Waals surface area contributed by atoms with Gasteiger partial charge >= 0.3 is 263 Å². The van der Waals surface area contributed by atoms with E-state index in [0.29, 0.717) is 5.92 Å². The van der Waals surface area contributed by atoms with Crippen LogP contribution >= 0.6 is 0 Å². The van der Waals surface area contributed by atoms with E-state index in [1.807, 2.05) is 0 Å². The van der Waals surface area contributed by atoms with Crippen molar-refractivity contribution in [3.63, 3.8) is 0 Å². The number of hydrogen-bond donors (Lipinski definition) is 0. The first-order valence-electron chi connectivity index (χ1n) is 15.8. The number of halogens is 2. The molecule has 0 radical (unpaired) electrons. The van der Waals surface area contributed by atoms with Crippen molar-refractivity contribution in [3.05, 3.63) is 145 Å². The van der Waals surface area contributed by atoms with E-state index in [2.05, 4.69) is 145 Å². The topological polar surface area (TPSA) is 0 Å². The molecule has 226 valence electrons. The quantitative estimate of drug-likeness (QED) is 0.241. The third-order valence-electron chi connectivity index (χ3n) is 9.17. The predicted molar refractivity (Wildman–Crippen MR) is 179 cm³/mol. The molecule has 4 aromatic rings. The van der Waals surface area contributed by atoms with Crippen molar-refractivity contribution < 1.29 is 46.1 Å². The van der Waals surface area contributed by atoms with Crippen molar-refractivity contribution in [1.29, 1.82) is 0 Å². The van der Waals surface area contributed by atoms with Crippen LogP contribution in [-0.2, 0) is 27.7 Å². The molecule has 6 rings (SSSR count). The predicted octanol–water partition coefficient (Wildman–Crippen LogP) is 4.07. The Morgan fingerprint density at radius 2 is 1.34 bits per heavy atom. The molecule has 0 N–H and O–H groups in total. The number of rotatable bonds is 7. The summed E-state index contributed by atoms with van der Waals surface area (Å²) in [7, 11) is 0. The smallest absolute Gasteiger partial charge is 1.00 e. The SMILES string of the molecule is CCCCC1C=C(C(C)(C)C)C=[C]1[Zr+2](=[C](c1ccc(C)cc1)c1ccc(C)cc1)[c]1cccc2c1Cc1ccccc1-2.[Cl-].[Cl-]. The fourth-order valence-corrected chi connectivity index (χ4v) is 15.3. The van der Waals surface area contributed by atoms with Crippen LogP contribution < -0.4 is 28.1 Å². The largest absolute Gasteiger partial charge is 1.00 e. The van der Waals surface area contributed by atoms with Gasteiger partial charge in [-0.1, -0.05) is 0 Å². The molecular weight excluding hydrogens is 655 g/mol. The average Bonchev–Trinajstić information content (AvgIpc) is 3.58. The molecule has 1 atom stereocenters. The van der Waals surface area contributed by atoms with Crippen LogP contribution in [0.5, 0.6) is 0 Å². The van der Waals surface area contributed by atoms with Crippen LogP contribution in [0, 0.1) is 25.2 Å². The van der Waals surface area contributed by atoms with E-state index in [0.717, 1.165) is 6.42 Å². The molecule has 2 aliphatic rings. The first kappa shape index (κ1) is 34.6. The fraction of sp³-hybridized carbons (Fsp3) is 0.293. The van der Waals surface area contributed by atoms with Crippen LogP contribution in [0.4, 0.5) is 0 Å². The summed E-state index contributed by atoms with van der Waals surface area (Å²) in [6, 6.07) is 35.2. The van der Waals surface area contributed by atoms with Crippen molar-refractivity contribution in [3.8, 4) is 11.1 Å². The molecule has 0 bridgehead atoms. The molecule has 0 saturated heterocycles. The summed E-state index contributed by atoms with van der Waals surface area (Å²) < 4.78 is 5.05. The summed E-state index contributed by atoms with van der Waals surface area (Å²) in [6.45, 7) is 13.9. The summed E-state index contributed by atoms with van der Waals surface area (Å²) >= 11 is -2.77. The van der Waals surface area contributed by atoms with E-state index in [4.69, 9.17) is 0 Å². The Bertz CT molecular complexity index is 1670. The van der Waals surface area contributed by atoms with Crippen molar-refractivity contribution >= 4 is 6.48 Å². The molecular formula is C41H44Cl2Zr. The van der Waals surface area contributed by atoms with Gasteiger partial charge in [0.05, 0.1) is 0 Å². The van der Waals surface area contributed by atoms with E-state index in [-0.39, 0.29) is 30.2 Å². The van der Waals surface area contributed by atoms with Gasteiger partial charge in [-0.25, -0.2) is 0 Å². The zero-order valence-electron chi connectivity index (χ0n) is 27.0. The van der Waals surface area contributed by atoms with Gasteiger partial charge in [-0.15, -0.1) is 0 Å². The van der Waals surface area contributed by atoms with Crippen LogP contribution in [0.15, 0.2) is 112 Å². The van der Waals surface area contributed by atoms with Crippen molar-refractivity contribution in [2.75, 3.05) is 0 Å². The number of allylic oxidation sites excluding steroid dienone is 4. The number of hydrogen-bond acceptors (Lipinski definition) is 0.